The fourth-order valence-electron chi connectivity index (χ4n) is 3.87. The number of hydrogen-bond acceptors (Lipinski definition) is 6. The molecule has 28 heavy (non-hydrogen) atoms. The van der Waals surface area contributed by atoms with Gasteiger partial charge in [-0.25, -0.2) is 14.4 Å². The third-order valence-electron chi connectivity index (χ3n) is 5.41. The van der Waals surface area contributed by atoms with Crippen LogP contribution < -0.4 is 10.5 Å². The zero-order valence-electron chi connectivity index (χ0n) is 15.7. The summed E-state index contributed by atoms with van der Waals surface area (Å²) in [4.78, 5) is 8.50. The van der Waals surface area contributed by atoms with E-state index >= 15 is 0 Å². The summed E-state index contributed by atoms with van der Waals surface area (Å²) in [7, 11) is 0. The number of aryl methyl sites for hydroxylation is 1. The Balaban J connectivity index is 1.63. The van der Waals surface area contributed by atoms with Gasteiger partial charge in [-0.15, -0.1) is 0 Å². The number of aliphatic hydroxyl groups excluding tert-OH is 2. The Kier molecular flexibility index (Phi) is 4.78. The minimum absolute atomic E-state index is 0.366. The molecule has 0 spiro atoms. The van der Waals surface area contributed by atoms with Gasteiger partial charge in [0, 0.05) is 29.6 Å². The number of aromatic nitrogens is 3. The van der Waals surface area contributed by atoms with E-state index in [1.54, 1.807) is 6.92 Å². The van der Waals surface area contributed by atoms with E-state index in [2.05, 4.69) is 9.97 Å². The summed E-state index contributed by atoms with van der Waals surface area (Å²) in [5.74, 6) is 0.00206. The molecular formula is C20H23FN4O3. The van der Waals surface area contributed by atoms with Crippen LogP contribution in [-0.2, 0) is 0 Å². The maximum Gasteiger partial charge on any atom is 0.143 e. The van der Waals surface area contributed by atoms with Crippen molar-refractivity contribution >= 4 is 11.0 Å². The number of ether oxygens (including phenoxy) is 1. The highest BCUT2D eigenvalue weighted by Gasteiger charge is 2.44. The van der Waals surface area contributed by atoms with Crippen LogP contribution in [-0.4, -0.2) is 43.1 Å². The van der Waals surface area contributed by atoms with Gasteiger partial charge in [-0.3, -0.25) is 0 Å². The molecule has 148 valence electrons. The average molecular weight is 386 g/mol. The second-order valence-corrected chi connectivity index (χ2v) is 7.33. The summed E-state index contributed by atoms with van der Waals surface area (Å²) in [6, 6.07) is 5.17. The first kappa shape index (κ1) is 18.8. The summed E-state index contributed by atoms with van der Waals surface area (Å²) in [5.41, 5.74) is 7.98. The third-order valence-corrected chi connectivity index (χ3v) is 5.41. The van der Waals surface area contributed by atoms with E-state index in [4.69, 9.17) is 10.5 Å². The SMILES string of the molecule is Cc1ncnc2c1ccn2C1CC(Oc2ccc(F)cc2[C@@H](C)N)[C@@H](O)[C@H]1O. The Morgan fingerprint density at radius 2 is 2.04 bits per heavy atom. The minimum Gasteiger partial charge on any atom is -0.487 e. The van der Waals surface area contributed by atoms with E-state index in [9.17, 15) is 14.6 Å². The molecule has 0 amide bonds. The van der Waals surface area contributed by atoms with Gasteiger partial charge in [-0.2, -0.15) is 0 Å². The van der Waals surface area contributed by atoms with Crippen molar-refractivity contribution in [3.05, 3.63) is 53.9 Å². The molecule has 4 rings (SSSR count). The summed E-state index contributed by atoms with van der Waals surface area (Å²) in [5, 5.41) is 22.1. The highest BCUT2D eigenvalue weighted by Crippen LogP contribution is 2.37. The van der Waals surface area contributed by atoms with Gasteiger partial charge in [0.2, 0.25) is 0 Å². The molecule has 8 heteroatoms. The lowest BCUT2D eigenvalue weighted by molar-refractivity contribution is -0.0166. The number of aliphatic hydroxyl groups is 2. The average Bonchev–Trinajstić information content (AvgIpc) is 3.20. The van der Waals surface area contributed by atoms with Crippen molar-refractivity contribution in [2.45, 2.75) is 50.7 Å². The maximum atomic E-state index is 13.6. The van der Waals surface area contributed by atoms with E-state index in [1.165, 1.54) is 24.5 Å². The monoisotopic (exact) mass is 386 g/mol. The van der Waals surface area contributed by atoms with E-state index in [0.717, 1.165) is 11.1 Å². The van der Waals surface area contributed by atoms with Gasteiger partial charge < -0.3 is 25.3 Å². The van der Waals surface area contributed by atoms with Crippen LogP contribution in [0.4, 0.5) is 4.39 Å². The van der Waals surface area contributed by atoms with Gasteiger partial charge in [-0.05, 0) is 38.1 Å². The van der Waals surface area contributed by atoms with Crippen LogP contribution >= 0.6 is 0 Å². The van der Waals surface area contributed by atoms with Crippen molar-refractivity contribution in [1.82, 2.24) is 14.5 Å². The quantitative estimate of drug-likeness (QED) is 0.633. The van der Waals surface area contributed by atoms with Gasteiger partial charge in [0.15, 0.2) is 0 Å². The van der Waals surface area contributed by atoms with Crippen LogP contribution in [0.15, 0.2) is 36.8 Å². The molecule has 0 saturated heterocycles. The molecule has 0 aliphatic heterocycles. The van der Waals surface area contributed by atoms with Gasteiger partial charge in [0.05, 0.1) is 11.7 Å². The van der Waals surface area contributed by atoms with E-state index in [1.807, 2.05) is 23.8 Å². The molecular weight excluding hydrogens is 363 g/mol. The lowest BCUT2D eigenvalue weighted by Gasteiger charge is -2.21. The molecule has 1 aliphatic carbocycles. The summed E-state index contributed by atoms with van der Waals surface area (Å²) in [6.07, 6.45) is 0.883. The van der Waals surface area contributed by atoms with Crippen molar-refractivity contribution in [2.75, 3.05) is 0 Å². The number of benzene rings is 1. The Morgan fingerprint density at radius 1 is 1.25 bits per heavy atom. The molecule has 2 heterocycles. The molecule has 3 aromatic rings. The van der Waals surface area contributed by atoms with Crippen molar-refractivity contribution in [3.8, 4) is 5.75 Å². The van der Waals surface area contributed by atoms with Crippen LogP contribution in [0.3, 0.4) is 0 Å². The van der Waals surface area contributed by atoms with Crippen molar-refractivity contribution < 1.29 is 19.3 Å². The lowest BCUT2D eigenvalue weighted by Crippen LogP contribution is -2.34. The normalized spacial score (nSPS) is 25.9. The molecule has 7 nitrogen and oxygen atoms in total. The number of halogens is 1. The van der Waals surface area contributed by atoms with Gasteiger partial charge in [-0.1, -0.05) is 0 Å². The minimum atomic E-state index is -1.10. The maximum absolute atomic E-state index is 13.6. The molecule has 1 aliphatic rings. The Labute approximate surface area is 161 Å². The molecule has 1 aromatic carbocycles. The molecule has 1 saturated carbocycles. The molecule has 2 aromatic heterocycles. The predicted octanol–water partition coefficient (Wildman–Crippen LogP) is 2.01. The van der Waals surface area contributed by atoms with Gasteiger partial charge in [0.25, 0.3) is 0 Å². The van der Waals surface area contributed by atoms with Gasteiger partial charge in [0.1, 0.15) is 41.9 Å². The summed E-state index contributed by atoms with van der Waals surface area (Å²) >= 11 is 0. The van der Waals surface area contributed by atoms with Gasteiger partial charge >= 0.3 is 0 Å². The molecule has 2 unspecified atom stereocenters. The standard InChI is InChI=1S/C20H23FN4O3/c1-10(22)14-7-12(21)3-4-16(14)28-17-8-15(18(26)19(17)27)25-6-5-13-11(2)23-9-24-20(13)25/h3-7,9-10,15,17-19,26-27H,8,22H2,1-2H3/t10-,15?,17?,18+,19-/m1/s1. The number of hydrogen-bond donors (Lipinski definition) is 3. The second kappa shape index (κ2) is 7.12. The first-order chi connectivity index (χ1) is 13.4. The lowest BCUT2D eigenvalue weighted by atomic mass is 10.1. The van der Waals surface area contributed by atoms with Crippen molar-refractivity contribution in [1.29, 1.82) is 0 Å². The predicted molar refractivity (Wildman–Crippen MR) is 101 cm³/mol. The number of rotatable bonds is 4. The van der Waals surface area contributed by atoms with E-state index in [-0.39, 0.29) is 0 Å². The summed E-state index contributed by atoms with van der Waals surface area (Å²) in [6.45, 7) is 3.63. The zero-order valence-corrected chi connectivity index (χ0v) is 15.7. The number of nitrogens with two attached hydrogens (primary N) is 1. The topological polar surface area (TPSA) is 106 Å². The Bertz CT molecular complexity index is 1010. The van der Waals surface area contributed by atoms with E-state index in [0.29, 0.717) is 23.4 Å². The first-order valence-electron chi connectivity index (χ1n) is 9.22. The third kappa shape index (κ3) is 3.13. The van der Waals surface area contributed by atoms with Crippen LogP contribution in [0, 0.1) is 12.7 Å². The van der Waals surface area contributed by atoms with E-state index < -0.39 is 36.2 Å². The zero-order chi connectivity index (χ0) is 20.0. The van der Waals surface area contributed by atoms with Crippen LogP contribution in [0.25, 0.3) is 11.0 Å². The molecule has 4 N–H and O–H groups in total. The van der Waals surface area contributed by atoms with Crippen molar-refractivity contribution in [2.24, 2.45) is 5.73 Å². The molecule has 0 bridgehead atoms. The highest BCUT2D eigenvalue weighted by molar-refractivity contribution is 5.78. The fourth-order valence-corrected chi connectivity index (χ4v) is 3.87. The first-order valence-corrected chi connectivity index (χ1v) is 9.22. The Morgan fingerprint density at radius 3 is 2.79 bits per heavy atom. The van der Waals surface area contributed by atoms with Crippen molar-refractivity contribution in [3.63, 3.8) is 0 Å². The van der Waals surface area contributed by atoms with Crippen LogP contribution in [0.5, 0.6) is 5.75 Å². The van der Waals surface area contributed by atoms with Crippen LogP contribution in [0.2, 0.25) is 0 Å². The molecule has 5 atom stereocenters. The summed E-state index contributed by atoms with van der Waals surface area (Å²) < 4.78 is 21.4. The fraction of sp³-hybridized carbons (Fsp3) is 0.400. The Hall–Kier alpha value is -2.55. The highest BCUT2D eigenvalue weighted by atomic mass is 19.1. The molecule has 1 fully saturated rings. The molecule has 0 radical (unpaired) electrons. The largest absolute Gasteiger partial charge is 0.487 e. The second-order valence-electron chi connectivity index (χ2n) is 7.33. The van der Waals surface area contributed by atoms with Crippen LogP contribution in [0.1, 0.15) is 36.7 Å². The number of fused-ring (bicyclic) bond motifs is 1. The number of nitrogens with zero attached hydrogens (tertiary/aromatic N) is 3. The smallest absolute Gasteiger partial charge is 0.143 e.